The van der Waals surface area contributed by atoms with Gasteiger partial charge >= 0.3 is 0 Å². The summed E-state index contributed by atoms with van der Waals surface area (Å²) in [6, 6.07) is 5.74. The van der Waals surface area contributed by atoms with Gasteiger partial charge in [0, 0.05) is 23.4 Å². The molecule has 0 aromatic heterocycles. The van der Waals surface area contributed by atoms with Crippen molar-refractivity contribution >= 4 is 5.69 Å². The van der Waals surface area contributed by atoms with E-state index in [4.69, 9.17) is 15.7 Å². The maximum atomic E-state index is 13.9. The molecule has 0 aliphatic rings. The summed E-state index contributed by atoms with van der Waals surface area (Å²) in [6.07, 6.45) is 0. The minimum Gasteiger partial charge on any atom is -0.451 e. The lowest BCUT2D eigenvalue weighted by atomic mass is 10.1. The van der Waals surface area contributed by atoms with Gasteiger partial charge in [0.2, 0.25) is 0 Å². The van der Waals surface area contributed by atoms with Gasteiger partial charge in [-0.05, 0) is 19.1 Å². The van der Waals surface area contributed by atoms with E-state index in [1.165, 1.54) is 13.0 Å². The Morgan fingerprint density at radius 2 is 1.73 bits per heavy atom. The molecule has 0 saturated heterocycles. The van der Waals surface area contributed by atoms with E-state index in [0.29, 0.717) is 0 Å². The van der Waals surface area contributed by atoms with E-state index in [1.54, 1.807) is 6.07 Å². The monoisotopic (exact) mass is 308 g/mol. The van der Waals surface area contributed by atoms with Crippen molar-refractivity contribution in [3.63, 3.8) is 0 Å². The summed E-state index contributed by atoms with van der Waals surface area (Å²) in [5.41, 5.74) is 5.15. The summed E-state index contributed by atoms with van der Waals surface area (Å²) < 4.78 is 45.7. The minimum atomic E-state index is -0.978. The summed E-state index contributed by atoms with van der Waals surface area (Å²) in [5.74, 6) is -3.36. The van der Waals surface area contributed by atoms with Crippen LogP contribution in [0, 0.1) is 35.7 Å². The van der Waals surface area contributed by atoms with Crippen molar-refractivity contribution in [1.82, 2.24) is 0 Å². The van der Waals surface area contributed by atoms with Crippen LogP contribution in [0.2, 0.25) is 0 Å². The Labute approximate surface area is 126 Å². The van der Waals surface area contributed by atoms with Crippen molar-refractivity contribution in [2.75, 3.05) is 5.73 Å². The van der Waals surface area contributed by atoms with Crippen molar-refractivity contribution in [1.29, 1.82) is 5.26 Å². The van der Waals surface area contributed by atoms with E-state index >= 15 is 0 Å². The van der Waals surface area contributed by atoms with E-state index in [-0.39, 0.29) is 22.6 Å². The Kier molecular flexibility index (Phi) is 5.81. The number of hydrogen-bond donors (Lipinski definition) is 1. The number of halogens is 3. The first-order valence-corrected chi connectivity index (χ1v) is 6.55. The van der Waals surface area contributed by atoms with Gasteiger partial charge in [-0.1, -0.05) is 13.8 Å². The molecule has 0 radical (unpaired) electrons. The fourth-order valence-electron chi connectivity index (χ4n) is 1.58. The van der Waals surface area contributed by atoms with Gasteiger partial charge in [0.1, 0.15) is 17.6 Å². The predicted molar refractivity (Wildman–Crippen MR) is 78.0 cm³/mol. The van der Waals surface area contributed by atoms with Gasteiger partial charge in [-0.2, -0.15) is 5.26 Å². The Balaban J connectivity index is 0.00000116. The van der Waals surface area contributed by atoms with Crippen LogP contribution in [-0.2, 0) is 0 Å². The molecule has 0 atom stereocenters. The third-order valence-electron chi connectivity index (χ3n) is 2.74. The Morgan fingerprint density at radius 1 is 1.09 bits per heavy atom. The highest BCUT2D eigenvalue weighted by Crippen LogP contribution is 2.32. The molecule has 0 spiro atoms. The molecule has 2 aromatic rings. The number of benzene rings is 2. The molecule has 2 aromatic carbocycles. The van der Waals surface area contributed by atoms with Crippen molar-refractivity contribution in [3.8, 4) is 17.6 Å². The average Bonchev–Trinajstić information content (AvgIpc) is 2.53. The molecule has 0 fully saturated rings. The molecule has 22 heavy (non-hydrogen) atoms. The maximum absolute atomic E-state index is 13.9. The van der Waals surface area contributed by atoms with Crippen molar-refractivity contribution in [2.24, 2.45) is 0 Å². The SMILES string of the molecule is CC.Cc1c(N)cc(F)c(Oc2ccc(F)c(C#N)c2)c1F. The largest absolute Gasteiger partial charge is 0.451 e. The maximum Gasteiger partial charge on any atom is 0.199 e. The van der Waals surface area contributed by atoms with Crippen molar-refractivity contribution in [3.05, 3.63) is 52.8 Å². The predicted octanol–water partition coefficient (Wildman–Crippen LogP) is 4.68. The van der Waals surface area contributed by atoms with Gasteiger partial charge in [0.05, 0.1) is 5.56 Å². The molecule has 3 nitrogen and oxygen atoms in total. The fourth-order valence-corrected chi connectivity index (χ4v) is 1.58. The summed E-state index contributed by atoms with van der Waals surface area (Å²) in [6.45, 7) is 5.38. The molecule has 0 heterocycles. The molecule has 0 aliphatic carbocycles. The number of nitrogens with two attached hydrogens (primary N) is 1. The molecule has 2 N–H and O–H groups in total. The standard InChI is InChI=1S/C14H9F3N2O.C2H6/c1-7-12(19)5-11(16)14(13(7)17)20-9-2-3-10(15)8(4-9)6-18;1-2/h2-5H,19H2,1H3;1-2H3. The van der Waals surface area contributed by atoms with E-state index in [1.807, 2.05) is 13.8 Å². The van der Waals surface area contributed by atoms with Crippen LogP contribution < -0.4 is 10.5 Å². The number of rotatable bonds is 2. The van der Waals surface area contributed by atoms with Gasteiger partial charge in [0.25, 0.3) is 0 Å². The fraction of sp³-hybridized carbons (Fsp3) is 0.188. The van der Waals surface area contributed by atoms with Crippen LogP contribution in [0.3, 0.4) is 0 Å². The Bertz CT molecular complexity index is 724. The zero-order valence-electron chi connectivity index (χ0n) is 12.4. The van der Waals surface area contributed by atoms with Crippen molar-refractivity contribution < 1.29 is 17.9 Å². The van der Waals surface area contributed by atoms with Crippen molar-refractivity contribution in [2.45, 2.75) is 20.8 Å². The van der Waals surface area contributed by atoms with Crippen LogP contribution in [0.15, 0.2) is 24.3 Å². The normalized spacial score (nSPS) is 9.50. The zero-order chi connectivity index (χ0) is 16.9. The second-order valence-corrected chi connectivity index (χ2v) is 4.07. The second kappa shape index (κ2) is 7.36. The third-order valence-corrected chi connectivity index (χ3v) is 2.74. The molecule has 116 valence electrons. The van der Waals surface area contributed by atoms with Crippen LogP contribution >= 0.6 is 0 Å². The second-order valence-electron chi connectivity index (χ2n) is 4.07. The van der Waals surface area contributed by atoms with Gasteiger partial charge in [-0.25, -0.2) is 13.2 Å². The minimum absolute atomic E-state index is 0.0378. The number of nitriles is 1. The Hall–Kier alpha value is -2.68. The van der Waals surface area contributed by atoms with Gasteiger partial charge in [-0.3, -0.25) is 0 Å². The quantitative estimate of drug-likeness (QED) is 0.819. The molecule has 0 amide bonds. The first-order valence-electron chi connectivity index (χ1n) is 6.55. The smallest absolute Gasteiger partial charge is 0.199 e. The summed E-state index contributed by atoms with van der Waals surface area (Å²) in [7, 11) is 0. The number of hydrogen-bond acceptors (Lipinski definition) is 3. The first-order chi connectivity index (χ1) is 10.4. The molecule has 0 bridgehead atoms. The summed E-state index contributed by atoms with van der Waals surface area (Å²) >= 11 is 0. The van der Waals surface area contributed by atoms with Crippen LogP contribution in [0.4, 0.5) is 18.9 Å². The summed E-state index contributed by atoms with van der Waals surface area (Å²) in [5, 5.41) is 8.69. The molecule has 6 heteroatoms. The number of nitrogen functional groups attached to an aromatic ring is 1. The van der Waals surface area contributed by atoms with E-state index < -0.39 is 23.2 Å². The average molecular weight is 308 g/mol. The summed E-state index contributed by atoms with van der Waals surface area (Å²) in [4.78, 5) is 0. The lowest BCUT2D eigenvalue weighted by Crippen LogP contribution is -2.00. The molecule has 0 unspecified atom stereocenters. The van der Waals surface area contributed by atoms with Crippen LogP contribution in [0.1, 0.15) is 25.0 Å². The molecular formula is C16H15F3N2O. The highest BCUT2D eigenvalue weighted by molar-refractivity contribution is 5.52. The van der Waals surface area contributed by atoms with E-state index in [9.17, 15) is 13.2 Å². The van der Waals surface area contributed by atoms with E-state index in [2.05, 4.69) is 0 Å². The molecule has 2 rings (SSSR count). The van der Waals surface area contributed by atoms with Gasteiger partial charge < -0.3 is 10.5 Å². The zero-order valence-corrected chi connectivity index (χ0v) is 12.4. The molecule has 0 aliphatic heterocycles. The molecular weight excluding hydrogens is 293 g/mol. The first kappa shape index (κ1) is 17.4. The number of anilines is 1. The highest BCUT2D eigenvalue weighted by Gasteiger charge is 2.17. The van der Waals surface area contributed by atoms with Gasteiger partial charge in [-0.15, -0.1) is 0 Å². The van der Waals surface area contributed by atoms with Gasteiger partial charge in [0.15, 0.2) is 17.4 Å². The molecule has 0 saturated carbocycles. The topological polar surface area (TPSA) is 59.0 Å². The highest BCUT2D eigenvalue weighted by atomic mass is 19.1. The third kappa shape index (κ3) is 3.50. The lowest BCUT2D eigenvalue weighted by Gasteiger charge is -2.11. The lowest BCUT2D eigenvalue weighted by molar-refractivity contribution is 0.405. The van der Waals surface area contributed by atoms with Crippen LogP contribution in [-0.4, -0.2) is 0 Å². The number of nitrogens with zero attached hydrogens (tertiary/aromatic N) is 1. The Morgan fingerprint density at radius 3 is 2.32 bits per heavy atom. The van der Waals surface area contributed by atoms with Crippen LogP contribution in [0.5, 0.6) is 11.5 Å². The van der Waals surface area contributed by atoms with Crippen LogP contribution in [0.25, 0.3) is 0 Å². The van der Waals surface area contributed by atoms with E-state index in [0.717, 1.165) is 18.2 Å². The number of ether oxygens (including phenoxy) is 1.